The average Bonchev–Trinajstić information content (AvgIpc) is 2.32. The van der Waals surface area contributed by atoms with Crippen molar-refractivity contribution in [2.75, 3.05) is 0 Å². The summed E-state index contributed by atoms with van der Waals surface area (Å²) in [6.07, 6.45) is 0. The number of hydrogen-bond donors (Lipinski definition) is 0. The summed E-state index contributed by atoms with van der Waals surface area (Å²) in [6.45, 7) is 0. The van der Waals surface area contributed by atoms with Crippen LogP contribution in [0.15, 0.2) is 62.6 Å². The van der Waals surface area contributed by atoms with Gasteiger partial charge in [-0.1, -0.05) is 24.3 Å². The van der Waals surface area contributed by atoms with E-state index >= 15 is 0 Å². The molecule has 3 nitrogen and oxygen atoms in total. The van der Waals surface area contributed by atoms with E-state index in [-0.39, 0.29) is 0 Å². The van der Waals surface area contributed by atoms with E-state index in [9.17, 15) is 5.21 Å². The molecule has 2 rings (SSSR count). The van der Waals surface area contributed by atoms with Crippen LogP contribution in [-0.4, -0.2) is 4.86 Å². The van der Waals surface area contributed by atoms with E-state index in [2.05, 4.69) is 37.0 Å². The predicted octanol–water partition coefficient (Wildman–Crippen LogP) is 5.14. The largest absolute Gasteiger partial charge is 0.594 e. The molecule has 0 aliphatic rings. The highest BCUT2D eigenvalue weighted by atomic mass is 79.9. The van der Waals surface area contributed by atoms with Crippen LogP contribution >= 0.6 is 31.9 Å². The van der Waals surface area contributed by atoms with Crippen LogP contribution in [0.2, 0.25) is 0 Å². The van der Waals surface area contributed by atoms with Crippen molar-refractivity contribution in [1.29, 1.82) is 0 Å². The molecular formula is C12H8Br2N2O. The molecule has 0 amide bonds. The third kappa shape index (κ3) is 2.92. The van der Waals surface area contributed by atoms with Gasteiger partial charge in [0.1, 0.15) is 5.69 Å². The van der Waals surface area contributed by atoms with Gasteiger partial charge in [0.05, 0.1) is 4.47 Å². The Balaban J connectivity index is 2.42. The van der Waals surface area contributed by atoms with Gasteiger partial charge < -0.3 is 5.21 Å². The molecule has 0 heterocycles. The van der Waals surface area contributed by atoms with E-state index < -0.39 is 0 Å². The maximum Gasteiger partial charge on any atom is 0.258 e. The second-order valence-corrected chi connectivity index (χ2v) is 4.98. The Bertz CT molecular complexity index is 570. The maximum absolute atomic E-state index is 11.9. The van der Waals surface area contributed by atoms with Crippen LogP contribution in [0.5, 0.6) is 0 Å². The number of halogens is 2. The molecule has 2 aromatic carbocycles. The lowest BCUT2D eigenvalue weighted by Crippen LogP contribution is -1.91. The molecule has 0 aliphatic carbocycles. The second kappa shape index (κ2) is 5.42. The Hall–Kier alpha value is -1.20. The number of azo groups is 1. The first kappa shape index (κ1) is 12.3. The first-order valence-corrected chi connectivity index (χ1v) is 6.45. The quantitative estimate of drug-likeness (QED) is 0.417. The average molecular weight is 356 g/mol. The van der Waals surface area contributed by atoms with Crippen molar-refractivity contribution in [2.24, 2.45) is 5.11 Å². The molecule has 0 unspecified atom stereocenters. The Morgan fingerprint density at radius 1 is 0.882 bits per heavy atom. The summed E-state index contributed by atoms with van der Waals surface area (Å²) in [7, 11) is 0. The zero-order chi connectivity index (χ0) is 12.3. The number of para-hydroxylation sites is 1. The van der Waals surface area contributed by atoms with Crippen LogP contribution in [0.25, 0.3) is 0 Å². The van der Waals surface area contributed by atoms with Crippen LogP contribution in [0.1, 0.15) is 0 Å². The third-order valence-corrected chi connectivity index (χ3v) is 3.45. The van der Waals surface area contributed by atoms with E-state index in [1.165, 1.54) is 0 Å². The lowest BCUT2D eigenvalue weighted by molar-refractivity contribution is -0.436. The normalized spacial score (nSPS) is 11.5. The van der Waals surface area contributed by atoms with Crippen molar-refractivity contribution in [3.05, 3.63) is 62.7 Å². The Kier molecular flexibility index (Phi) is 3.91. The fraction of sp³-hybridized carbons (Fsp3) is 0. The molecular weight excluding hydrogens is 348 g/mol. The van der Waals surface area contributed by atoms with Gasteiger partial charge in [0.2, 0.25) is 0 Å². The van der Waals surface area contributed by atoms with Gasteiger partial charge in [-0.15, -0.1) is 0 Å². The Labute approximate surface area is 116 Å². The van der Waals surface area contributed by atoms with Crippen LogP contribution in [0.4, 0.5) is 11.4 Å². The molecule has 0 spiro atoms. The number of nitrogens with zero attached hydrogens (tertiary/aromatic N) is 2. The molecule has 0 N–H and O–H groups in total. The topological polar surface area (TPSA) is 38.4 Å². The van der Waals surface area contributed by atoms with E-state index in [1.54, 1.807) is 24.3 Å². The molecule has 0 radical (unpaired) electrons. The molecule has 86 valence electrons. The summed E-state index contributed by atoms with van der Waals surface area (Å²) in [5.41, 5.74) is 1.07. The smallest absolute Gasteiger partial charge is 0.258 e. The predicted molar refractivity (Wildman–Crippen MR) is 73.7 cm³/mol. The summed E-state index contributed by atoms with van der Waals surface area (Å²) in [4.78, 5) is 0.601. The van der Waals surface area contributed by atoms with Crippen LogP contribution in [0.3, 0.4) is 0 Å². The van der Waals surface area contributed by atoms with Crippen LogP contribution < -0.4 is 0 Å². The number of benzene rings is 2. The van der Waals surface area contributed by atoms with E-state index in [4.69, 9.17) is 0 Å². The Morgan fingerprint density at radius 3 is 2.12 bits per heavy atom. The molecule has 0 saturated heterocycles. The van der Waals surface area contributed by atoms with Gasteiger partial charge in [0, 0.05) is 15.7 Å². The summed E-state index contributed by atoms with van der Waals surface area (Å²) in [5.74, 6) is 0. The number of hydrogen-bond acceptors (Lipinski definition) is 2. The van der Waals surface area contributed by atoms with Crippen molar-refractivity contribution < 1.29 is 4.86 Å². The fourth-order valence-corrected chi connectivity index (χ4v) is 2.09. The molecule has 0 atom stereocenters. The van der Waals surface area contributed by atoms with Gasteiger partial charge >= 0.3 is 0 Å². The van der Waals surface area contributed by atoms with Gasteiger partial charge in [-0.25, -0.2) is 0 Å². The fourth-order valence-electron chi connectivity index (χ4n) is 1.29. The van der Waals surface area contributed by atoms with Crippen molar-refractivity contribution in [1.82, 2.24) is 0 Å². The third-order valence-electron chi connectivity index (χ3n) is 2.11. The molecule has 0 saturated carbocycles. The maximum atomic E-state index is 11.9. The van der Waals surface area contributed by atoms with Crippen LogP contribution in [-0.2, 0) is 0 Å². The van der Waals surface area contributed by atoms with Gasteiger partial charge in [-0.3, -0.25) is 0 Å². The summed E-state index contributed by atoms with van der Waals surface area (Å²) in [5, 5.41) is 15.9. The van der Waals surface area contributed by atoms with Gasteiger partial charge in [-0.2, -0.15) is 0 Å². The Morgan fingerprint density at radius 2 is 1.47 bits per heavy atom. The minimum absolute atomic E-state index is 0.475. The van der Waals surface area contributed by atoms with Crippen molar-refractivity contribution in [2.45, 2.75) is 0 Å². The minimum atomic E-state index is 0.475. The molecule has 0 bridgehead atoms. The molecule has 5 heteroatoms. The molecule has 0 aliphatic heterocycles. The first-order chi connectivity index (χ1) is 8.18. The van der Waals surface area contributed by atoms with Crippen LogP contribution in [0, 0.1) is 5.21 Å². The van der Waals surface area contributed by atoms with Crippen molar-refractivity contribution >= 4 is 43.2 Å². The lowest BCUT2D eigenvalue weighted by atomic mass is 10.3. The van der Waals surface area contributed by atoms with Gasteiger partial charge in [0.15, 0.2) is 0 Å². The summed E-state index contributed by atoms with van der Waals surface area (Å²) < 4.78 is 1.50. The summed E-state index contributed by atoms with van der Waals surface area (Å²) in [6, 6.07) is 14.5. The molecule has 17 heavy (non-hydrogen) atoms. The molecule has 0 fully saturated rings. The number of rotatable bonds is 2. The second-order valence-electron chi connectivity index (χ2n) is 3.28. The highest BCUT2D eigenvalue weighted by molar-refractivity contribution is 9.11. The zero-order valence-electron chi connectivity index (χ0n) is 8.68. The standard InChI is InChI=1S/C12H8Br2N2O/c13-9-5-1-3-7-11(9)15-16(17)12-8-4-2-6-10(12)14/h1-8H. The molecule has 0 aromatic heterocycles. The first-order valence-electron chi connectivity index (χ1n) is 4.86. The van der Waals surface area contributed by atoms with Crippen molar-refractivity contribution in [3.63, 3.8) is 0 Å². The lowest BCUT2D eigenvalue weighted by Gasteiger charge is -2.02. The minimum Gasteiger partial charge on any atom is -0.594 e. The highest BCUT2D eigenvalue weighted by Crippen LogP contribution is 2.29. The summed E-state index contributed by atoms with van der Waals surface area (Å²) >= 11 is 6.66. The molecule has 2 aromatic rings. The van der Waals surface area contributed by atoms with E-state index in [0.717, 1.165) is 4.47 Å². The SMILES string of the molecule is [O-][N+](=Nc1ccccc1Br)c1ccccc1Br. The monoisotopic (exact) mass is 354 g/mol. The van der Waals surface area contributed by atoms with Crippen molar-refractivity contribution in [3.8, 4) is 0 Å². The van der Waals surface area contributed by atoms with Gasteiger partial charge in [-0.05, 0) is 54.9 Å². The van der Waals surface area contributed by atoms with E-state index in [1.807, 2.05) is 24.3 Å². The van der Waals surface area contributed by atoms with Gasteiger partial charge in [0.25, 0.3) is 5.69 Å². The highest BCUT2D eigenvalue weighted by Gasteiger charge is 2.09. The van der Waals surface area contributed by atoms with E-state index in [0.29, 0.717) is 20.7 Å². The zero-order valence-corrected chi connectivity index (χ0v) is 11.8.